The SMILES string of the molecule is Cc1c(C#N)c(-c2ccc(C(=O)N3C[C@@H](CO)O[C@H](C)C3)cc2)nc2ccccc12. The molecule has 0 spiro atoms. The third-order valence-electron chi connectivity index (χ3n) is 5.49. The molecule has 1 aliphatic heterocycles. The number of nitriles is 1. The van der Waals surface area contributed by atoms with E-state index < -0.39 is 0 Å². The fraction of sp³-hybridized carbons (Fsp3) is 0.292. The molecule has 2 atom stereocenters. The molecule has 1 aliphatic rings. The Labute approximate surface area is 175 Å². The lowest BCUT2D eigenvalue weighted by molar-refractivity contribution is -0.0858. The number of aromatic nitrogens is 1. The van der Waals surface area contributed by atoms with Gasteiger partial charge in [-0.2, -0.15) is 5.26 Å². The van der Waals surface area contributed by atoms with Gasteiger partial charge < -0.3 is 14.7 Å². The smallest absolute Gasteiger partial charge is 0.254 e. The second kappa shape index (κ2) is 8.23. The normalized spacial score (nSPS) is 18.9. The average Bonchev–Trinajstić information content (AvgIpc) is 2.78. The van der Waals surface area contributed by atoms with Gasteiger partial charge in [-0.3, -0.25) is 4.79 Å². The number of morpholine rings is 1. The first-order valence-corrected chi connectivity index (χ1v) is 9.97. The number of pyridine rings is 1. The first-order valence-electron chi connectivity index (χ1n) is 9.97. The van der Waals surface area contributed by atoms with Gasteiger partial charge in [-0.05, 0) is 37.6 Å². The van der Waals surface area contributed by atoms with Crippen molar-refractivity contribution in [3.63, 3.8) is 0 Å². The molecule has 1 amide bonds. The molecule has 1 N–H and O–H groups in total. The predicted molar refractivity (Wildman–Crippen MR) is 114 cm³/mol. The lowest BCUT2D eigenvalue weighted by atomic mass is 9.98. The third-order valence-corrected chi connectivity index (χ3v) is 5.49. The van der Waals surface area contributed by atoms with Gasteiger partial charge in [0.25, 0.3) is 5.91 Å². The van der Waals surface area contributed by atoms with E-state index in [1.165, 1.54) is 0 Å². The maximum absolute atomic E-state index is 12.9. The molecule has 6 nitrogen and oxygen atoms in total. The summed E-state index contributed by atoms with van der Waals surface area (Å²) in [4.78, 5) is 19.3. The van der Waals surface area contributed by atoms with Crippen molar-refractivity contribution < 1.29 is 14.6 Å². The number of aliphatic hydroxyl groups excluding tert-OH is 1. The number of amides is 1. The lowest BCUT2D eigenvalue weighted by Crippen LogP contribution is -2.50. The predicted octanol–water partition coefficient (Wildman–Crippen LogP) is 3.30. The van der Waals surface area contributed by atoms with E-state index in [4.69, 9.17) is 9.72 Å². The Kier molecular flexibility index (Phi) is 5.49. The van der Waals surface area contributed by atoms with Crippen LogP contribution in [0.5, 0.6) is 0 Å². The highest BCUT2D eigenvalue weighted by Gasteiger charge is 2.28. The number of carbonyl (C=O) groups excluding carboxylic acids is 1. The van der Waals surface area contributed by atoms with Crippen molar-refractivity contribution in [2.24, 2.45) is 0 Å². The van der Waals surface area contributed by atoms with Gasteiger partial charge in [-0.1, -0.05) is 30.3 Å². The highest BCUT2D eigenvalue weighted by molar-refractivity contribution is 5.95. The van der Waals surface area contributed by atoms with Crippen molar-refractivity contribution in [2.75, 3.05) is 19.7 Å². The quantitative estimate of drug-likeness (QED) is 0.728. The van der Waals surface area contributed by atoms with Crippen molar-refractivity contribution >= 4 is 16.8 Å². The molecule has 3 aromatic rings. The van der Waals surface area contributed by atoms with E-state index in [1.54, 1.807) is 17.0 Å². The number of aryl methyl sites for hydroxylation is 1. The Morgan fingerprint density at radius 3 is 2.67 bits per heavy atom. The van der Waals surface area contributed by atoms with Crippen LogP contribution in [0.15, 0.2) is 48.5 Å². The van der Waals surface area contributed by atoms with E-state index in [-0.39, 0.29) is 24.7 Å². The summed E-state index contributed by atoms with van der Waals surface area (Å²) in [5.41, 5.74) is 4.24. The fourth-order valence-corrected chi connectivity index (χ4v) is 3.99. The third kappa shape index (κ3) is 3.65. The van der Waals surface area contributed by atoms with E-state index >= 15 is 0 Å². The highest BCUT2D eigenvalue weighted by Crippen LogP contribution is 2.29. The Bertz CT molecular complexity index is 1130. The molecule has 152 valence electrons. The number of nitrogens with zero attached hydrogens (tertiary/aromatic N) is 3. The van der Waals surface area contributed by atoms with Gasteiger partial charge in [0, 0.05) is 29.6 Å². The second-order valence-corrected chi connectivity index (χ2v) is 7.63. The molecular formula is C24H23N3O3. The number of aliphatic hydroxyl groups is 1. The molecule has 2 heterocycles. The lowest BCUT2D eigenvalue weighted by Gasteiger charge is -2.36. The van der Waals surface area contributed by atoms with Gasteiger partial charge in [0.05, 0.1) is 35.6 Å². The summed E-state index contributed by atoms with van der Waals surface area (Å²) in [7, 11) is 0. The average molecular weight is 401 g/mol. The Hall–Kier alpha value is -3.27. The van der Waals surface area contributed by atoms with Crippen LogP contribution in [-0.2, 0) is 4.74 Å². The molecule has 1 fully saturated rings. The number of hydrogen-bond acceptors (Lipinski definition) is 5. The van der Waals surface area contributed by atoms with Crippen LogP contribution >= 0.6 is 0 Å². The zero-order valence-corrected chi connectivity index (χ0v) is 17.0. The first kappa shape index (κ1) is 20.0. The Morgan fingerprint density at radius 1 is 1.23 bits per heavy atom. The number of rotatable bonds is 3. The second-order valence-electron chi connectivity index (χ2n) is 7.63. The number of para-hydroxylation sites is 1. The Morgan fingerprint density at radius 2 is 1.97 bits per heavy atom. The van der Waals surface area contributed by atoms with Crippen molar-refractivity contribution in [3.8, 4) is 17.3 Å². The number of benzene rings is 2. The molecule has 0 aliphatic carbocycles. The van der Waals surface area contributed by atoms with Crippen LogP contribution in [-0.4, -0.2) is 52.8 Å². The van der Waals surface area contributed by atoms with Gasteiger partial charge >= 0.3 is 0 Å². The van der Waals surface area contributed by atoms with Crippen molar-refractivity contribution in [1.29, 1.82) is 5.26 Å². The number of carbonyl (C=O) groups is 1. The monoisotopic (exact) mass is 401 g/mol. The van der Waals surface area contributed by atoms with Crippen molar-refractivity contribution in [1.82, 2.24) is 9.88 Å². The first-order chi connectivity index (χ1) is 14.5. The van der Waals surface area contributed by atoms with Gasteiger partial charge in [0.15, 0.2) is 0 Å². The van der Waals surface area contributed by atoms with E-state index in [0.717, 1.165) is 22.0 Å². The number of ether oxygens (including phenoxy) is 1. The molecule has 0 unspecified atom stereocenters. The number of hydrogen-bond donors (Lipinski definition) is 1. The zero-order chi connectivity index (χ0) is 21.3. The molecule has 30 heavy (non-hydrogen) atoms. The van der Waals surface area contributed by atoms with Crippen LogP contribution in [0.4, 0.5) is 0 Å². The van der Waals surface area contributed by atoms with Gasteiger partial charge in [-0.25, -0.2) is 4.98 Å². The van der Waals surface area contributed by atoms with Crippen LogP contribution in [0.1, 0.15) is 28.4 Å². The van der Waals surface area contributed by atoms with Crippen LogP contribution < -0.4 is 0 Å². The van der Waals surface area contributed by atoms with Crippen molar-refractivity contribution in [2.45, 2.75) is 26.1 Å². The van der Waals surface area contributed by atoms with Gasteiger partial charge in [0.2, 0.25) is 0 Å². The van der Waals surface area contributed by atoms with E-state index in [0.29, 0.717) is 29.9 Å². The summed E-state index contributed by atoms with van der Waals surface area (Å²) in [5.74, 6) is -0.0988. The minimum absolute atomic E-state index is 0.0988. The minimum atomic E-state index is -0.361. The molecule has 1 aromatic heterocycles. The minimum Gasteiger partial charge on any atom is -0.394 e. The van der Waals surface area contributed by atoms with Crippen LogP contribution in [0, 0.1) is 18.3 Å². The summed E-state index contributed by atoms with van der Waals surface area (Å²) >= 11 is 0. The topological polar surface area (TPSA) is 86.5 Å². The van der Waals surface area contributed by atoms with E-state index in [9.17, 15) is 15.2 Å². The molecule has 6 heteroatoms. The summed E-state index contributed by atoms with van der Waals surface area (Å²) in [6.07, 6.45) is -0.484. The van der Waals surface area contributed by atoms with E-state index in [1.807, 2.05) is 50.2 Å². The standard InChI is InChI=1S/C24H23N3O3/c1-15-12-27(13-19(14-28)30-15)24(29)18-9-7-17(8-10-18)23-21(11-25)16(2)20-5-3-4-6-22(20)26-23/h3-10,15,19,28H,12-14H2,1-2H3/t15-,19+/m1/s1. The van der Waals surface area contributed by atoms with Crippen molar-refractivity contribution in [3.05, 3.63) is 65.2 Å². The van der Waals surface area contributed by atoms with Gasteiger partial charge in [-0.15, -0.1) is 0 Å². The number of fused-ring (bicyclic) bond motifs is 1. The molecule has 4 rings (SSSR count). The summed E-state index contributed by atoms with van der Waals surface area (Å²) in [5, 5.41) is 20.1. The fourth-order valence-electron chi connectivity index (χ4n) is 3.99. The molecule has 0 saturated carbocycles. The van der Waals surface area contributed by atoms with Crippen LogP contribution in [0.25, 0.3) is 22.2 Å². The van der Waals surface area contributed by atoms with Gasteiger partial charge in [0.1, 0.15) is 6.07 Å². The Balaban J connectivity index is 1.66. The molecule has 2 aromatic carbocycles. The highest BCUT2D eigenvalue weighted by atomic mass is 16.5. The van der Waals surface area contributed by atoms with Crippen LogP contribution in [0.2, 0.25) is 0 Å². The zero-order valence-electron chi connectivity index (χ0n) is 17.0. The summed E-state index contributed by atoms with van der Waals surface area (Å²) in [6, 6.07) is 17.2. The summed E-state index contributed by atoms with van der Waals surface area (Å²) < 4.78 is 5.62. The molecule has 0 radical (unpaired) electrons. The van der Waals surface area contributed by atoms with Crippen LogP contribution in [0.3, 0.4) is 0 Å². The molecule has 1 saturated heterocycles. The maximum Gasteiger partial charge on any atom is 0.254 e. The molecule has 0 bridgehead atoms. The van der Waals surface area contributed by atoms with E-state index in [2.05, 4.69) is 6.07 Å². The largest absolute Gasteiger partial charge is 0.394 e. The maximum atomic E-state index is 12.9. The summed E-state index contributed by atoms with van der Waals surface area (Å²) in [6.45, 7) is 4.56. The molecular weight excluding hydrogens is 378 g/mol.